The Hall–Kier alpha value is -4.12. The molecule has 1 N–H and O–H groups in total. The number of carbonyl (C=O) groups is 1. The van der Waals surface area contributed by atoms with Gasteiger partial charge in [0.15, 0.2) is 0 Å². The summed E-state index contributed by atoms with van der Waals surface area (Å²) in [6, 6.07) is 30.3. The fourth-order valence-electron chi connectivity index (χ4n) is 3.68. The standard InChI is InChI=1S/C29H26FNO3/c30-25-11-13-26(14-12-25)31(29(33)20-23-9-15-27(32)16-10-23)18-17-22-7-4-8-28(19-22)34-21-24-5-2-1-3-6-24/h1-16,19,32H,17-18,20-21H2. The molecular formula is C29H26FNO3. The number of halogens is 1. The van der Waals surface area contributed by atoms with Crippen LogP contribution in [0.2, 0.25) is 0 Å². The molecule has 0 fully saturated rings. The number of aromatic hydroxyl groups is 1. The lowest BCUT2D eigenvalue weighted by molar-refractivity contribution is -0.118. The molecule has 4 rings (SSSR count). The minimum absolute atomic E-state index is 0.103. The minimum atomic E-state index is -0.349. The lowest BCUT2D eigenvalue weighted by atomic mass is 10.1. The molecule has 0 atom stereocenters. The van der Waals surface area contributed by atoms with Crippen molar-refractivity contribution in [3.63, 3.8) is 0 Å². The van der Waals surface area contributed by atoms with Crippen molar-refractivity contribution in [3.8, 4) is 11.5 Å². The van der Waals surface area contributed by atoms with Gasteiger partial charge in [0.25, 0.3) is 0 Å². The van der Waals surface area contributed by atoms with Crippen LogP contribution in [0.5, 0.6) is 11.5 Å². The second-order valence-corrected chi connectivity index (χ2v) is 8.04. The first-order valence-corrected chi connectivity index (χ1v) is 11.2. The van der Waals surface area contributed by atoms with E-state index in [4.69, 9.17) is 4.74 Å². The quantitative estimate of drug-likeness (QED) is 0.340. The Morgan fingerprint density at radius 3 is 2.24 bits per heavy atom. The molecule has 0 spiro atoms. The Morgan fingerprint density at radius 1 is 0.794 bits per heavy atom. The molecule has 0 aliphatic rings. The molecule has 0 radical (unpaired) electrons. The minimum Gasteiger partial charge on any atom is -0.508 e. The number of hydrogen-bond donors (Lipinski definition) is 1. The number of ether oxygens (including phenoxy) is 1. The van der Waals surface area contributed by atoms with Gasteiger partial charge in [-0.25, -0.2) is 4.39 Å². The summed E-state index contributed by atoms with van der Waals surface area (Å²) in [5.74, 6) is 0.470. The lowest BCUT2D eigenvalue weighted by Gasteiger charge is -2.23. The van der Waals surface area contributed by atoms with Crippen molar-refractivity contribution in [2.24, 2.45) is 0 Å². The van der Waals surface area contributed by atoms with Crippen LogP contribution >= 0.6 is 0 Å². The van der Waals surface area contributed by atoms with Gasteiger partial charge < -0.3 is 14.7 Å². The molecule has 4 aromatic rings. The third-order valence-corrected chi connectivity index (χ3v) is 5.50. The van der Waals surface area contributed by atoms with Crippen LogP contribution in [0.1, 0.15) is 16.7 Å². The fourth-order valence-corrected chi connectivity index (χ4v) is 3.68. The van der Waals surface area contributed by atoms with E-state index in [-0.39, 0.29) is 23.9 Å². The topological polar surface area (TPSA) is 49.8 Å². The van der Waals surface area contributed by atoms with Crippen molar-refractivity contribution < 1.29 is 19.0 Å². The van der Waals surface area contributed by atoms with Crippen molar-refractivity contribution in [1.82, 2.24) is 0 Å². The Bertz CT molecular complexity index is 1210. The van der Waals surface area contributed by atoms with Crippen LogP contribution in [-0.2, 0) is 24.2 Å². The van der Waals surface area contributed by atoms with Gasteiger partial charge in [0, 0.05) is 12.2 Å². The summed E-state index contributed by atoms with van der Waals surface area (Å²) in [7, 11) is 0. The van der Waals surface area contributed by atoms with Crippen molar-refractivity contribution in [2.45, 2.75) is 19.4 Å². The molecule has 5 heteroatoms. The van der Waals surface area contributed by atoms with E-state index < -0.39 is 0 Å². The third-order valence-electron chi connectivity index (χ3n) is 5.50. The first-order chi connectivity index (χ1) is 16.6. The van der Waals surface area contributed by atoms with Gasteiger partial charge in [-0.15, -0.1) is 0 Å². The number of benzene rings is 4. The van der Waals surface area contributed by atoms with Crippen LogP contribution < -0.4 is 9.64 Å². The normalized spacial score (nSPS) is 10.6. The van der Waals surface area contributed by atoms with Crippen LogP contribution in [0.4, 0.5) is 10.1 Å². The summed E-state index contributed by atoms with van der Waals surface area (Å²) < 4.78 is 19.4. The fraction of sp³-hybridized carbons (Fsp3) is 0.138. The van der Waals surface area contributed by atoms with Gasteiger partial charge in [-0.05, 0) is 71.6 Å². The smallest absolute Gasteiger partial charge is 0.231 e. The summed E-state index contributed by atoms with van der Waals surface area (Å²) in [5, 5.41) is 9.50. The monoisotopic (exact) mass is 455 g/mol. The Kier molecular flexibility index (Phi) is 7.56. The van der Waals surface area contributed by atoms with Crippen molar-refractivity contribution in [2.75, 3.05) is 11.4 Å². The molecule has 34 heavy (non-hydrogen) atoms. The maximum atomic E-state index is 13.5. The van der Waals surface area contributed by atoms with E-state index in [2.05, 4.69) is 0 Å². The molecule has 0 saturated carbocycles. The van der Waals surface area contributed by atoms with Gasteiger partial charge in [0.1, 0.15) is 23.9 Å². The molecule has 0 saturated heterocycles. The van der Waals surface area contributed by atoms with E-state index in [9.17, 15) is 14.3 Å². The first-order valence-electron chi connectivity index (χ1n) is 11.2. The van der Waals surface area contributed by atoms with Crippen molar-refractivity contribution in [1.29, 1.82) is 0 Å². The molecule has 0 aromatic heterocycles. The summed E-state index contributed by atoms with van der Waals surface area (Å²) in [4.78, 5) is 14.8. The molecule has 0 bridgehead atoms. The highest BCUT2D eigenvalue weighted by atomic mass is 19.1. The molecule has 4 nitrogen and oxygen atoms in total. The maximum absolute atomic E-state index is 13.5. The number of phenols is 1. The SMILES string of the molecule is O=C(Cc1ccc(O)cc1)N(CCc1cccc(OCc2ccccc2)c1)c1ccc(F)cc1. The number of nitrogens with zero attached hydrogens (tertiary/aromatic N) is 1. The van der Waals surface area contributed by atoms with E-state index in [0.29, 0.717) is 25.3 Å². The van der Waals surface area contributed by atoms with Gasteiger partial charge in [-0.2, -0.15) is 0 Å². The highest BCUT2D eigenvalue weighted by molar-refractivity contribution is 5.94. The third kappa shape index (κ3) is 6.45. The van der Waals surface area contributed by atoms with Crippen LogP contribution in [0.3, 0.4) is 0 Å². The predicted octanol–water partition coefficient (Wildman–Crippen LogP) is 5.93. The zero-order chi connectivity index (χ0) is 23.8. The van der Waals surface area contributed by atoms with Crippen molar-refractivity contribution >= 4 is 11.6 Å². The second-order valence-electron chi connectivity index (χ2n) is 8.04. The molecule has 1 amide bonds. The van der Waals surface area contributed by atoms with Crippen LogP contribution in [-0.4, -0.2) is 17.6 Å². The molecule has 0 heterocycles. The van der Waals surface area contributed by atoms with E-state index >= 15 is 0 Å². The van der Waals surface area contributed by atoms with Crippen molar-refractivity contribution in [3.05, 3.63) is 126 Å². The lowest BCUT2D eigenvalue weighted by Crippen LogP contribution is -2.34. The van der Waals surface area contributed by atoms with E-state index in [1.54, 1.807) is 41.3 Å². The zero-order valence-electron chi connectivity index (χ0n) is 18.7. The van der Waals surface area contributed by atoms with Gasteiger partial charge in [0.2, 0.25) is 5.91 Å². The Balaban J connectivity index is 1.45. The van der Waals surface area contributed by atoms with Crippen LogP contribution in [0.15, 0.2) is 103 Å². The summed E-state index contributed by atoms with van der Waals surface area (Å²) in [5.41, 5.74) is 3.57. The van der Waals surface area contributed by atoms with E-state index in [1.807, 2.05) is 54.6 Å². The second kappa shape index (κ2) is 11.1. The molecule has 4 aromatic carbocycles. The zero-order valence-corrected chi connectivity index (χ0v) is 18.7. The predicted molar refractivity (Wildman–Crippen MR) is 131 cm³/mol. The van der Waals surface area contributed by atoms with E-state index in [1.165, 1.54) is 12.1 Å². The number of phenolic OH excluding ortho intramolecular Hbond substituents is 1. The highest BCUT2D eigenvalue weighted by Gasteiger charge is 2.17. The number of anilines is 1. The summed E-state index contributed by atoms with van der Waals surface area (Å²) in [6.45, 7) is 0.918. The van der Waals surface area contributed by atoms with Gasteiger partial charge in [-0.1, -0.05) is 54.6 Å². The first kappa shape index (κ1) is 23.1. The van der Waals surface area contributed by atoms with E-state index in [0.717, 1.165) is 22.4 Å². The average Bonchev–Trinajstić information content (AvgIpc) is 2.86. The van der Waals surface area contributed by atoms with Crippen LogP contribution in [0, 0.1) is 5.82 Å². The number of amides is 1. The Morgan fingerprint density at radius 2 is 1.50 bits per heavy atom. The van der Waals surface area contributed by atoms with Gasteiger partial charge >= 0.3 is 0 Å². The molecular weight excluding hydrogens is 429 g/mol. The number of rotatable bonds is 9. The molecule has 0 unspecified atom stereocenters. The van der Waals surface area contributed by atoms with Gasteiger partial charge in [-0.3, -0.25) is 4.79 Å². The van der Waals surface area contributed by atoms with Gasteiger partial charge in [0.05, 0.1) is 6.42 Å². The maximum Gasteiger partial charge on any atom is 0.231 e. The number of carbonyl (C=O) groups excluding carboxylic acids is 1. The summed E-state index contributed by atoms with van der Waals surface area (Å²) in [6.07, 6.45) is 0.791. The van der Waals surface area contributed by atoms with Crippen LogP contribution in [0.25, 0.3) is 0 Å². The number of hydrogen-bond acceptors (Lipinski definition) is 3. The highest BCUT2D eigenvalue weighted by Crippen LogP contribution is 2.20. The molecule has 172 valence electrons. The summed E-state index contributed by atoms with van der Waals surface area (Å²) >= 11 is 0. The Labute approximate surface area is 198 Å². The molecule has 0 aliphatic carbocycles. The largest absolute Gasteiger partial charge is 0.508 e. The molecule has 0 aliphatic heterocycles. The average molecular weight is 456 g/mol.